The molecule has 1 unspecified atom stereocenters. The summed E-state index contributed by atoms with van der Waals surface area (Å²) in [6.07, 6.45) is 5.44. The molecule has 0 saturated carbocycles. The lowest BCUT2D eigenvalue weighted by atomic mass is 10.0. The average molecular weight is 231 g/mol. The van der Waals surface area contributed by atoms with E-state index in [0.717, 1.165) is 22.4 Å². The van der Waals surface area contributed by atoms with Crippen LogP contribution in [0.15, 0.2) is 24.7 Å². The summed E-state index contributed by atoms with van der Waals surface area (Å²) in [4.78, 5) is 4.30. The van der Waals surface area contributed by atoms with Crippen molar-refractivity contribution in [2.24, 2.45) is 7.05 Å². The average Bonchev–Trinajstić information content (AvgIpc) is 2.63. The van der Waals surface area contributed by atoms with E-state index in [-0.39, 0.29) is 0 Å². The smallest absolute Gasteiger partial charge is 0.100 e. The number of pyridine rings is 1. The second-order valence-electron chi connectivity index (χ2n) is 4.46. The fraction of sp³-hybridized carbons (Fsp3) is 0.385. The second kappa shape index (κ2) is 4.67. The molecule has 0 radical (unpaired) electrons. The number of hydrogen-bond acceptors (Lipinski definition) is 3. The number of nitrogens with zero attached hydrogens (tertiary/aromatic N) is 3. The first-order valence-corrected chi connectivity index (χ1v) is 5.65. The van der Waals surface area contributed by atoms with Crippen LogP contribution in [0.4, 0.5) is 0 Å². The minimum Gasteiger partial charge on any atom is -0.386 e. The van der Waals surface area contributed by atoms with Crippen LogP contribution in [0.3, 0.4) is 0 Å². The summed E-state index contributed by atoms with van der Waals surface area (Å²) in [7, 11) is 1.87. The Bertz CT molecular complexity index is 519. The molecule has 0 aromatic carbocycles. The fourth-order valence-electron chi connectivity index (χ4n) is 1.97. The number of rotatable bonds is 3. The Kier molecular flexibility index (Phi) is 3.24. The third-order valence-electron chi connectivity index (χ3n) is 2.76. The summed E-state index contributed by atoms with van der Waals surface area (Å²) in [5.74, 6) is 0. The molecule has 90 valence electrons. The number of aryl methyl sites for hydroxylation is 3. The van der Waals surface area contributed by atoms with Crippen molar-refractivity contribution in [3.8, 4) is 0 Å². The van der Waals surface area contributed by atoms with E-state index in [2.05, 4.69) is 10.1 Å². The highest BCUT2D eigenvalue weighted by molar-refractivity contribution is 5.25. The first-order valence-electron chi connectivity index (χ1n) is 5.65. The fourth-order valence-corrected chi connectivity index (χ4v) is 1.97. The second-order valence-corrected chi connectivity index (χ2v) is 4.46. The van der Waals surface area contributed by atoms with Gasteiger partial charge in [-0.15, -0.1) is 0 Å². The molecule has 0 saturated heterocycles. The quantitative estimate of drug-likeness (QED) is 0.874. The Hall–Kier alpha value is -1.68. The van der Waals surface area contributed by atoms with Gasteiger partial charge in [-0.1, -0.05) is 6.07 Å². The zero-order valence-corrected chi connectivity index (χ0v) is 10.4. The Labute approximate surface area is 101 Å². The first kappa shape index (κ1) is 11.8. The lowest BCUT2D eigenvalue weighted by Gasteiger charge is -2.12. The molecule has 17 heavy (non-hydrogen) atoms. The molecule has 4 nitrogen and oxygen atoms in total. The molecule has 2 aromatic rings. The van der Waals surface area contributed by atoms with Gasteiger partial charge in [-0.3, -0.25) is 9.67 Å². The summed E-state index contributed by atoms with van der Waals surface area (Å²) >= 11 is 0. The third kappa shape index (κ3) is 2.71. The lowest BCUT2D eigenvalue weighted by molar-refractivity contribution is 0.173. The highest BCUT2D eigenvalue weighted by Gasteiger charge is 2.13. The van der Waals surface area contributed by atoms with Gasteiger partial charge in [-0.25, -0.2) is 0 Å². The van der Waals surface area contributed by atoms with Gasteiger partial charge < -0.3 is 5.11 Å². The van der Waals surface area contributed by atoms with Crippen molar-refractivity contribution in [1.29, 1.82) is 0 Å². The van der Waals surface area contributed by atoms with Crippen molar-refractivity contribution in [2.75, 3.05) is 0 Å². The molecule has 0 aliphatic rings. The maximum atomic E-state index is 10.2. The molecule has 0 aliphatic heterocycles. The minimum atomic E-state index is -0.570. The standard InChI is InChI=1S/C13H17N3O/c1-9-4-10(2)13(14-6-9)12(17)5-11-7-15-16(3)8-11/h4,6-8,12,17H,5H2,1-3H3. The Morgan fingerprint density at radius 1 is 1.35 bits per heavy atom. The summed E-state index contributed by atoms with van der Waals surface area (Å²) in [5, 5.41) is 14.2. The van der Waals surface area contributed by atoms with E-state index >= 15 is 0 Å². The Morgan fingerprint density at radius 3 is 2.71 bits per heavy atom. The number of aliphatic hydroxyl groups excluding tert-OH is 1. The zero-order chi connectivity index (χ0) is 12.4. The van der Waals surface area contributed by atoms with Crippen molar-refractivity contribution in [3.05, 3.63) is 47.0 Å². The van der Waals surface area contributed by atoms with E-state index in [1.807, 2.05) is 33.2 Å². The van der Waals surface area contributed by atoms with Gasteiger partial charge in [0, 0.05) is 25.9 Å². The van der Waals surface area contributed by atoms with Crippen LogP contribution in [-0.2, 0) is 13.5 Å². The van der Waals surface area contributed by atoms with Crippen LogP contribution in [0, 0.1) is 13.8 Å². The van der Waals surface area contributed by atoms with Gasteiger partial charge in [0.1, 0.15) is 6.10 Å². The van der Waals surface area contributed by atoms with Crippen LogP contribution in [0.5, 0.6) is 0 Å². The summed E-state index contributed by atoms with van der Waals surface area (Å²) in [5.41, 5.74) is 3.91. The van der Waals surface area contributed by atoms with E-state index in [1.165, 1.54) is 0 Å². The van der Waals surface area contributed by atoms with Gasteiger partial charge in [-0.05, 0) is 30.5 Å². The van der Waals surface area contributed by atoms with E-state index in [9.17, 15) is 5.11 Å². The van der Waals surface area contributed by atoms with Crippen LogP contribution in [0.2, 0.25) is 0 Å². The van der Waals surface area contributed by atoms with Gasteiger partial charge >= 0.3 is 0 Å². The van der Waals surface area contributed by atoms with Crippen molar-refractivity contribution in [3.63, 3.8) is 0 Å². The number of aromatic nitrogens is 3. The van der Waals surface area contributed by atoms with E-state index < -0.39 is 6.10 Å². The van der Waals surface area contributed by atoms with Gasteiger partial charge in [0.05, 0.1) is 11.9 Å². The Balaban J connectivity index is 2.17. The normalized spacial score (nSPS) is 12.7. The maximum Gasteiger partial charge on any atom is 0.100 e. The van der Waals surface area contributed by atoms with Crippen molar-refractivity contribution in [2.45, 2.75) is 26.4 Å². The number of aliphatic hydroxyl groups is 1. The SMILES string of the molecule is Cc1cnc(C(O)Cc2cnn(C)c2)c(C)c1. The van der Waals surface area contributed by atoms with Gasteiger partial charge in [0.2, 0.25) is 0 Å². The molecule has 0 aliphatic carbocycles. The molecule has 4 heteroatoms. The summed E-state index contributed by atoms with van der Waals surface area (Å²) in [6, 6.07) is 2.04. The number of hydrogen-bond donors (Lipinski definition) is 1. The molecule has 2 heterocycles. The summed E-state index contributed by atoms with van der Waals surface area (Å²) in [6.45, 7) is 3.97. The molecule has 0 fully saturated rings. The van der Waals surface area contributed by atoms with Crippen LogP contribution in [-0.4, -0.2) is 19.9 Å². The first-order chi connectivity index (χ1) is 8.06. The van der Waals surface area contributed by atoms with E-state index in [1.54, 1.807) is 17.1 Å². The topological polar surface area (TPSA) is 50.9 Å². The van der Waals surface area contributed by atoms with Crippen LogP contribution in [0.25, 0.3) is 0 Å². The zero-order valence-electron chi connectivity index (χ0n) is 10.4. The van der Waals surface area contributed by atoms with E-state index in [0.29, 0.717) is 6.42 Å². The van der Waals surface area contributed by atoms with Gasteiger partial charge in [-0.2, -0.15) is 5.10 Å². The molecule has 2 rings (SSSR count). The monoisotopic (exact) mass is 231 g/mol. The van der Waals surface area contributed by atoms with E-state index in [4.69, 9.17) is 0 Å². The molecule has 1 atom stereocenters. The highest BCUT2D eigenvalue weighted by Crippen LogP contribution is 2.19. The predicted molar refractivity (Wildman–Crippen MR) is 65.6 cm³/mol. The summed E-state index contributed by atoms with van der Waals surface area (Å²) < 4.78 is 1.73. The molecular weight excluding hydrogens is 214 g/mol. The van der Waals surface area contributed by atoms with Gasteiger partial charge in [0.15, 0.2) is 0 Å². The molecule has 2 aromatic heterocycles. The van der Waals surface area contributed by atoms with Crippen molar-refractivity contribution in [1.82, 2.24) is 14.8 Å². The lowest BCUT2D eigenvalue weighted by Crippen LogP contribution is -2.06. The molecular formula is C13H17N3O. The van der Waals surface area contributed by atoms with Crippen LogP contribution in [0.1, 0.15) is 28.5 Å². The largest absolute Gasteiger partial charge is 0.386 e. The maximum absolute atomic E-state index is 10.2. The Morgan fingerprint density at radius 2 is 2.12 bits per heavy atom. The van der Waals surface area contributed by atoms with Crippen LogP contribution >= 0.6 is 0 Å². The molecule has 0 bridgehead atoms. The molecule has 0 spiro atoms. The van der Waals surface area contributed by atoms with Crippen LogP contribution < -0.4 is 0 Å². The molecule has 1 N–H and O–H groups in total. The highest BCUT2D eigenvalue weighted by atomic mass is 16.3. The molecule has 0 amide bonds. The van der Waals surface area contributed by atoms with Gasteiger partial charge in [0.25, 0.3) is 0 Å². The third-order valence-corrected chi connectivity index (χ3v) is 2.76. The minimum absolute atomic E-state index is 0.546. The predicted octanol–water partition coefficient (Wildman–Crippen LogP) is 1.71. The van der Waals surface area contributed by atoms with Crippen molar-refractivity contribution < 1.29 is 5.11 Å². The van der Waals surface area contributed by atoms with Crippen molar-refractivity contribution >= 4 is 0 Å².